The summed E-state index contributed by atoms with van der Waals surface area (Å²) in [7, 11) is 0. The van der Waals surface area contributed by atoms with E-state index in [1.54, 1.807) is 6.92 Å². The Hall–Kier alpha value is -1.83. The Bertz CT molecular complexity index is 663. The molecule has 2 amide bonds. The number of hydrogen-bond acceptors (Lipinski definition) is 5. The maximum atomic E-state index is 12.4. The number of amides is 2. The molecule has 3 N–H and O–H groups in total. The zero-order valence-corrected chi connectivity index (χ0v) is 14.9. The van der Waals surface area contributed by atoms with Gasteiger partial charge in [-0.1, -0.05) is 17.7 Å². The zero-order valence-electron chi connectivity index (χ0n) is 14.2. The minimum atomic E-state index is -1.05. The van der Waals surface area contributed by atoms with Crippen molar-refractivity contribution in [1.82, 2.24) is 15.5 Å². The smallest absolute Gasteiger partial charge is 0.243 e. The number of nitrogens with one attached hydrogen (secondary N) is 2. The van der Waals surface area contributed by atoms with Gasteiger partial charge in [0.15, 0.2) is 6.35 Å². The summed E-state index contributed by atoms with van der Waals surface area (Å²) < 4.78 is 0. The highest BCUT2D eigenvalue weighted by molar-refractivity contribution is 6.30. The average Bonchev–Trinajstić information content (AvgIpc) is 2.85. The lowest BCUT2D eigenvalue weighted by atomic mass is 9.96. The summed E-state index contributed by atoms with van der Waals surface area (Å²) in [5.74, 6) is -0.249. The number of hydrogen-bond donors (Lipinski definition) is 3. The molecule has 0 aliphatic carbocycles. The molecule has 8 heteroatoms. The van der Waals surface area contributed by atoms with Gasteiger partial charge in [-0.05, 0) is 31.5 Å². The van der Waals surface area contributed by atoms with Crippen LogP contribution in [-0.2, 0) is 9.59 Å². The van der Waals surface area contributed by atoms with E-state index in [1.165, 1.54) is 0 Å². The van der Waals surface area contributed by atoms with E-state index in [-0.39, 0.29) is 18.2 Å². The summed E-state index contributed by atoms with van der Waals surface area (Å²) in [6, 6.07) is 7.70. The molecule has 1 aromatic carbocycles. The molecule has 1 aromatic rings. The standard InChI is InChI=1S/C17H23ClN4O3/c1-17(15(24)19-16(25)20-17)6-5-14(23)22-9-7-21(8-10-22)13-4-2-3-12(18)11-13/h2-4,11,16,20,25H,5-10H2,1H3,(H,19,24). The van der Waals surface area contributed by atoms with Gasteiger partial charge in [0, 0.05) is 43.3 Å². The monoisotopic (exact) mass is 366 g/mol. The van der Waals surface area contributed by atoms with Crippen LogP contribution in [0.3, 0.4) is 0 Å². The number of aliphatic hydroxyl groups is 1. The van der Waals surface area contributed by atoms with Crippen LogP contribution in [0.4, 0.5) is 5.69 Å². The summed E-state index contributed by atoms with van der Waals surface area (Å²) in [4.78, 5) is 28.3. The van der Waals surface area contributed by atoms with Gasteiger partial charge in [0.05, 0.1) is 5.54 Å². The van der Waals surface area contributed by atoms with E-state index in [9.17, 15) is 14.7 Å². The molecule has 2 atom stereocenters. The molecule has 3 rings (SSSR count). The molecule has 2 heterocycles. The van der Waals surface area contributed by atoms with Gasteiger partial charge in [-0.3, -0.25) is 14.9 Å². The first-order chi connectivity index (χ1) is 11.9. The second-order valence-corrected chi connectivity index (χ2v) is 7.14. The van der Waals surface area contributed by atoms with E-state index in [0.717, 1.165) is 18.8 Å². The molecule has 2 aliphatic rings. The summed E-state index contributed by atoms with van der Waals surface area (Å²) in [6.07, 6.45) is -0.432. The lowest BCUT2D eigenvalue weighted by Gasteiger charge is -2.36. The fourth-order valence-corrected chi connectivity index (χ4v) is 3.46. The third kappa shape index (κ3) is 4.05. The molecule has 0 aromatic heterocycles. The quantitative estimate of drug-likeness (QED) is 0.723. The SMILES string of the molecule is CC1(CCC(=O)N2CCN(c3cccc(Cl)c3)CC2)NC(O)NC1=O. The van der Waals surface area contributed by atoms with E-state index in [2.05, 4.69) is 15.5 Å². The van der Waals surface area contributed by atoms with E-state index in [0.29, 0.717) is 24.5 Å². The van der Waals surface area contributed by atoms with Gasteiger partial charge in [0.2, 0.25) is 11.8 Å². The van der Waals surface area contributed by atoms with Crippen molar-refractivity contribution in [2.45, 2.75) is 31.7 Å². The molecule has 2 saturated heterocycles. The van der Waals surface area contributed by atoms with E-state index in [4.69, 9.17) is 11.6 Å². The number of aliphatic hydroxyl groups excluding tert-OH is 1. The lowest BCUT2D eigenvalue weighted by molar-refractivity contribution is -0.132. The van der Waals surface area contributed by atoms with Crippen molar-refractivity contribution < 1.29 is 14.7 Å². The van der Waals surface area contributed by atoms with E-state index in [1.807, 2.05) is 29.2 Å². The van der Waals surface area contributed by atoms with Crippen molar-refractivity contribution >= 4 is 29.1 Å². The number of halogens is 1. The van der Waals surface area contributed by atoms with Crippen LogP contribution in [0.25, 0.3) is 0 Å². The van der Waals surface area contributed by atoms with E-state index < -0.39 is 11.9 Å². The molecular weight excluding hydrogens is 344 g/mol. The van der Waals surface area contributed by atoms with Gasteiger partial charge >= 0.3 is 0 Å². The van der Waals surface area contributed by atoms with Crippen LogP contribution in [0.15, 0.2) is 24.3 Å². The molecule has 2 fully saturated rings. The number of carbonyl (C=O) groups excluding carboxylic acids is 2. The minimum Gasteiger partial charge on any atom is -0.368 e. The van der Waals surface area contributed by atoms with Crippen molar-refractivity contribution in [3.05, 3.63) is 29.3 Å². The fraction of sp³-hybridized carbons (Fsp3) is 0.529. The normalized spacial score (nSPS) is 26.7. The van der Waals surface area contributed by atoms with Crippen molar-refractivity contribution in [3.8, 4) is 0 Å². The Kier molecular flexibility index (Phi) is 5.17. The van der Waals surface area contributed by atoms with Crippen molar-refractivity contribution in [3.63, 3.8) is 0 Å². The highest BCUT2D eigenvalue weighted by Crippen LogP contribution is 2.22. The van der Waals surface area contributed by atoms with Crippen LogP contribution in [0.1, 0.15) is 19.8 Å². The molecule has 0 bridgehead atoms. The Morgan fingerprint density at radius 1 is 1.36 bits per heavy atom. The first kappa shape index (κ1) is 18.0. The fourth-order valence-electron chi connectivity index (χ4n) is 3.27. The number of benzene rings is 1. The van der Waals surface area contributed by atoms with Crippen LogP contribution in [0.5, 0.6) is 0 Å². The number of rotatable bonds is 4. The maximum absolute atomic E-state index is 12.4. The summed E-state index contributed by atoms with van der Waals surface area (Å²) in [6.45, 7) is 4.49. The van der Waals surface area contributed by atoms with Crippen LogP contribution in [0, 0.1) is 0 Å². The second kappa shape index (κ2) is 7.19. The van der Waals surface area contributed by atoms with Gasteiger partial charge in [-0.2, -0.15) is 0 Å². The van der Waals surface area contributed by atoms with Crippen LogP contribution in [-0.4, -0.2) is 59.9 Å². The minimum absolute atomic E-state index is 0.0305. The predicted molar refractivity (Wildman–Crippen MR) is 95.2 cm³/mol. The molecule has 7 nitrogen and oxygen atoms in total. The zero-order chi connectivity index (χ0) is 18.0. The maximum Gasteiger partial charge on any atom is 0.243 e. The van der Waals surface area contributed by atoms with Gasteiger partial charge < -0.3 is 20.2 Å². The highest BCUT2D eigenvalue weighted by atomic mass is 35.5. The molecule has 0 spiro atoms. The third-order valence-corrected chi connectivity index (χ3v) is 5.10. The summed E-state index contributed by atoms with van der Waals surface area (Å²) in [5.41, 5.74) is 0.158. The van der Waals surface area contributed by atoms with E-state index >= 15 is 0 Å². The number of anilines is 1. The number of carbonyl (C=O) groups is 2. The molecule has 2 unspecified atom stereocenters. The van der Waals surface area contributed by atoms with Crippen molar-refractivity contribution in [1.29, 1.82) is 0 Å². The number of nitrogens with zero attached hydrogens (tertiary/aromatic N) is 2. The first-order valence-electron chi connectivity index (χ1n) is 8.42. The number of piperazine rings is 1. The van der Waals surface area contributed by atoms with Gasteiger partial charge in [-0.15, -0.1) is 0 Å². The van der Waals surface area contributed by atoms with Gasteiger partial charge in [0.1, 0.15) is 0 Å². The average molecular weight is 367 g/mol. The second-order valence-electron chi connectivity index (χ2n) is 6.70. The first-order valence-corrected chi connectivity index (χ1v) is 8.80. The highest BCUT2D eigenvalue weighted by Gasteiger charge is 2.41. The van der Waals surface area contributed by atoms with Crippen LogP contribution in [0.2, 0.25) is 5.02 Å². The Labute approximate surface area is 151 Å². The van der Waals surface area contributed by atoms with Crippen molar-refractivity contribution in [2.75, 3.05) is 31.1 Å². The Morgan fingerprint density at radius 3 is 2.68 bits per heavy atom. The molecule has 136 valence electrons. The van der Waals surface area contributed by atoms with Crippen LogP contribution >= 0.6 is 11.6 Å². The lowest BCUT2D eigenvalue weighted by Crippen LogP contribution is -2.50. The molecule has 2 aliphatic heterocycles. The summed E-state index contributed by atoms with van der Waals surface area (Å²) in [5, 5.41) is 15.3. The molecular formula is C17H23ClN4O3. The predicted octanol–water partition coefficient (Wildman–Crippen LogP) is 0.523. The van der Waals surface area contributed by atoms with Crippen LogP contribution < -0.4 is 15.5 Å². The largest absolute Gasteiger partial charge is 0.368 e. The Morgan fingerprint density at radius 2 is 2.08 bits per heavy atom. The molecule has 0 radical (unpaired) electrons. The Balaban J connectivity index is 1.49. The summed E-state index contributed by atoms with van der Waals surface area (Å²) >= 11 is 6.03. The topological polar surface area (TPSA) is 84.9 Å². The molecule has 25 heavy (non-hydrogen) atoms. The third-order valence-electron chi connectivity index (χ3n) is 4.87. The van der Waals surface area contributed by atoms with Gasteiger partial charge in [-0.25, -0.2) is 0 Å². The van der Waals surface area contributed by atoms with Crippen molar-refractivity contribution in [2.24, 2.45) is 0 Å². The molecule has 0 saturated carbocycles. The van der Waals surface area contributed by atoms with Gasteiger partial charge in [0.25, 0.3) is 0 Å².